The summed E-state index contributed by atoms with van der Waals surface area (Å²) in [5, 5.41) is 1.96. The fourth-order valence-electron chi connectivity index (χ4n) is 10.9. The minimum Gasteiger partial charge on any atom is -0.490 e. The average Bonchev–Trinajstić information content (AvgIpc) is 0.873. The Hall–Kier alpha value is -2.13. The van der Waals surface area contributed by atoms with Crippen molar-refractivity contribution in [1.82, 2.24) is 0 Å². The Morgan fingerprint density at radius 3 is 0.610 bits per heavy atom. The maximum Gasteiger partial charge on any atom is 0.125 e. The van der Waals surface area contributed by atoms with Crippen LogP contribution in [-0.4, -0.2) is 68.6 Å². The molecule has 0 N–H and O–H groups in total. The van der Waals surface area contributed by atoms with Gasteiger partial charge in [-0.2, -0.15) is 23.5 Å². The zero-order chi connectivity index (χ0) is 80.8. The third-order valence-electron chi connectivity index (χ3n) is 15.4. The van der Waals surface area contributed by atoms with E-state index in [1.807, 2.05) is 106 Å². The summed E-state index contributed by atoms with van der Waals surface area (Å²) in [5.74, 6) is 17.3. The minimum atomic E-state index is 0. The average molecular weight is 1810 g/mol. The molecular formula is C106H200O3S9. The van der Waals surface area contributed by atoms with Crippen molar-refractivity contribution in [2.24, 2.45) is 35.5 Å². The third-order valence-corrected chi connectivity index (χ3v) is 27.2. The van der Waals surface area contributed by atoms with Gasteiger partial charge >= 0.3 is 0 Å². The molecule has 0 aliphatic heterocycles. The predicted molar refractivity (Wildman–Crippen MR) is 580 cm³/mol. The molecule has 118 heavy (non-hydrogen) atoms. The molecule has 0 bridgehead atoms. The first-order valence-corrected chi connectivity index (χ1v) is 48.6. The fourth-order valence-corrected chi connectivity index (χ4v) is 20.6. The van der Waals surface area contributed by atoms with Crippen molar-refractivity contribution < 1.29 is 14.2 Å². The molecule has 6 rings (SSSR count). The highest BCUT2D eigenvalue weighted by Crippen LogP contribution is 2.38. The van der Waals surface area contributed by atoms with Crippen LogP contribution in [0, 0.1) is 119 Å². The molecule has 0 aliphatic rings. The first kappa shape index (κ1) is 142. The smallest absolute Gasteiger partial charge is 0.125 e. The van der Waals surface area contributed by atoms with Crippen molar-refractivity contribution >= 4 is 106 Å². The quantitative estimate of drug-likeness (QED) is 0.0360. The molecule has 0 radical (unpaired) electrons. The molecule has 6 aromatic rings. The highest BCUT2D eigenvalue weighted by molar-refractivity contribution is 8.01. The van der Waals surface area contributed by atoms with Crippen molar-refractivity contribution in [2.75, 3.05) is 34.5 Å². The summed E-state index contributed by atoms with van der Waals surface area (Å²) in [4.78, 5) is 9.97. The van der Waals surface area contributed by atoms with Gasteiger partial charge < -0.3 is 14.2 Å². The van der Waals surface area contributed by atoms with E-state index in [1.54, 1.807) is 0 Å². The monoisotopic (exact) mass is 1810 g/mol. The van der Waals surface area contributed by atoms with E-state index in [-0.39, 0.29) is 107 Å². The number of aryl methyl sites for hydroxylation is 12. The van der Waals surface area contributed by atoms with Crippen molar-refractivity contribution in [3.63, 3.8) is 0 Å². The number of benzene rings is 6. The van der Waals surface area contributed by atoms with Gasteiger partial charge in [0.05, 0.1) is 18.3 Å². The van der Waals surface area contributed by atoms with Gasteiger partial charge in [-0.1, -0.05) is 238 Å². The molecule has 0 atom stereocenters. The maximum absolute atomic E-state index is 5.87. The lowest BCUT2D eigenvalue weighted by Crippen LogP contribution is -2.08. The van der Waals surface area contributed by atoms with E-state index in [9.17, 15) is 0 Å². The van der Waals surface area contributed by atoms with Gasteiger partial charge in [0.25, 0.3) is 0 Å². The topological polar surface area (TPSA) is 27.7 Å². The van der Waals surface area contributed by atoms with Crippen molar-refractivity contribution in [3.05, 3.63) is 151 Å². The van der Waals surface area contributed by atoms with Crippen molar-refractivity contribution in [3.8, 4) is 17.2 Å². The van der Waals surface area contributed by atoms with Crippen LogP contribution >= 0.6 is 106 Å². The molecular weight excluding hydrogens is 1610 g/mol. The molecule has 0 saturated carbocycles. The Kier molecular flexibility index (Phi) is 91.4. The van der Waals surface area contributed by atoms with Gasteiger partial charge in [-0.15, -0.1) is 82.3 Å². The largest absolute Gasteiger partial charge is 0.490 e. The summed E-state index contributed by atoms with van der Waals surface area (Å²) in [7, 11) is 0. The van der Waals surface area contributed by atoms with Gasteiger partial charge in [0, 0.05) is 73.0 Å². The molecule has 696 valence electrons. The lowest BCUT2D eigenvalue weighted by molar-refractivity contribution is 0.238. The van der Waals surface area contributed by atoms with Crippen LogP contribution in [0.2, 0.25) is 0 Å². The highest BCUT2D eigenvalue weighted by atomic mass is 32.2. The third kappa shape index (κ3) is 62.9. The summed E-state index contributed by atoms with van der Waals surface area (Å²) >= 11 is 17.8. The first-order chi connectivity index (χ1) is 49.4. The van der Waals surface area contributed by atoms with Crippen LogP contribution < -0.4 is 14.2 Å². The van der Waals surface area contributed by atoms with E-state index in [0.29, 0.717) is 15.7 Å². The summed E-state index contributed by atoms with van der Waals surface area (Å²) in [6, 6.07) is 27.6. The molecule has 3 nitrogen and oxygen atoms in total. The van der Waals surface area contributed by atoms with E-state index >= 15 is 0 Å². The molecule has 12 heteroatoms. The summed E-state index contributed by atoms with van der Waals surface area (Å²) < 4.78 is 17.6. The van der Waals surface area contributed by atoms with Crippen LogP contribution in [0.3, 0.4) is 0 Å². The van der Waals surface area contributed by atoms with E-state index in [2.05, 4.69) is 322 Å². The van der Waals surface area contributed by atoms with Crippen molar-refractivity contribution in [2.45, 2.75) is 431 Å². The van der Waals surface area contributed by atoms with Crippen molar-refractivity contribution in [1.29, 1.82) is 0 Å². The zero-order valence-corrected chi connectivity index (χ0v) is 81.2. The summed E-state index contributed by atoms with van der Waals surface area (Å²) in [5.41, 5.74) is 19.0. The first-order valence-electron chi connectivity index (χ1n) is 39.7. The van der Waals surface area contributed by atoms with Crippen LogP contribution in [0.15, 0.2) is 107 Å². The lowest BCUT2D eigenvalue weighted by Gasteiger charge is -2.16. The number of thioether (sulfide) groups is 9. The van der Waals surface area contributed by atoms with E-state index in [1.165, 1.54) is 160 Å². The lowest BCUT2D eigenvalue weighted by atomic mass is 10.1. The number of rotatable bonds is 34. The summed E-state index contributed by atoms with van der Waals surface area (Å²) in [6.07, 6.45) is 3.28. The normalized spacial score (nSPS) is 10.3. The zero-order valence-electron chi connectivity index (χ0n) is 73.8. The number of hydrogen-bond donors (Lipinski definition) is 0. The number of hydrogen-bond acceptors (Lipinski definition) is 12. The van der Waals surface area contributed by atoms with Gasteiger partial charge in [0.15, 0.2) is 0 Å². The van der Waals surface area contributed by atoms with Gasteiger partial charge in [-0.25, -0.2) is 0 Å². The molecule has 0 amide bonds. The highest BCUT2D eigenvalue weighted by Gasteiger charge is 2.16. The van der Waals surface area contributed by atoms with Crippen LogP contribution in [-0.2, 0) is 11.5 Å². The minimum absolute atomic E-state index is 0. The van der Waals surface area contributed by atoms with E-state index in [0.717, 1.165) is 64.3 Å². The molecule has 0 aromatic heterocycles. The maximum atomic E-state index is 5.87. The second-order valence-corrected chi connectivity index (χ2v) is 44.3. The molecule has 0 spiro atoms. The SMILES string of the molecule is C.C.C.C.C.C.C.C.C.C.C.C.Cc1cc(CSCC(C)C)cc(C)c1OC(C)C.Cc1cc(CSCC(C)C)cc(C)c1SC(C)C.Cc1cc(SCC(C)C)cc(C)c1OC(C)C.Cc1cc(SCC(C)C)cc(C)c1SC(C)C.Cc1cc(SCCC(C)C)cc(C)c1OC(C)C.Cc1cc(SCCC(C)C)cc(C)c1SC(C)C. The Bertz CT molecular complexity index is 2920. The second-order valence-electron chi connectivity index (χ2n) is 33.0. The molecule has 0 unspecified atom stereocenters. The molecule has 0 saturated heterocycles. The van der Waals surface area contributed by atoms with Crippen LogP contribution in [0.5, 0.6) is 17.2 Å². The van der Waals surface area contributed by atoms with Crippen LogP contribution in [0.1, 0.15) is 346 Å². The summed E-state index contributed by atoms with van der Waals surface area (Å²) in [6.45, 7) is 79.5. The molecule has 0 fully saturated rings. The fraction of sp³-hybridized carbons (Fsp3) is 0.660. The standard InChI is InChI=1S/2C16H26OS.2C16H26S2.C15H24OS.C15H24S2.12CH4/c1-11(2)9-18-10-15-7-13(5)16(14(6)8-15)17-12(3)4;1-11(2)7-8-18-15-9-13(5)16(14(6)10-15)17-12(3)4;1-11(2)9-17-10-15-7-13(5)16(14(6)8-15)18-12(3)4;1-11(2)7-8-17-15-9-13(5)16(14(6)10-15)18-12(3)4;1-10(2)9-17-14-7-12(5)15(13(6)8-14)16-11(3)4;1-10(2)9-16-14-7-12(5)15(13(6)8-14)17-11(3)4;;;;;;;;;;;;/h7-8,11-12H,9-10H2,1-6H3;9-12H,7-8H2,1-6H3;7-8,11-12H,9-10H2,1-6H3;9-12H,7-8H2,1-6H3;2*7-8,10-11H,9H2,1-6H3;12*1H4. The Labute approximate surface area is 782 Å². The predicted octanol–water partition coefficient (Wildman–Crippen LogP) is 39.9. The van der Waals surface area contributed by atoms with Crippen LogP contribution in [0.4, 0.5) is 0 Å². The molecule has 0 heterocycles. The second kappa shape index (κ2) is 76.1. The van der Waals surface area contributed by atoms with Gasteiger partial charge in [0.2, 0.25) is 0 Å². The van der Waals surface area contributed by atoms with Gasteiger partial charge in [-0.05, 0) is 322 Å². The Morgan fingerprint density at radius 1 is 0.229 bits per heavy atom. The Balaban J connectivity index is -0.000000112. The van der Waals surface area contributed by atoms with Gasteiger partial charge in [0.1, 0.15) is 17.2 Å². The van der Waals surface area contributed by atoms with E-state index in [4.69, 9.17) is 14.2 Å². The van der Waals surface area contributed by atoms with E-state index < -0.39 is 0 Å². The Morgan fingerprint density at radius 2 is 0.415 bits per heavy atom. The molecule has 6 aromatic carbocycles. The van der Waals surface area contributed by atoms with Crippen LogP contribution in [0.25, 0.3) is 0 Å². The number of ether oxygens (including phenoxy) is 3. The molecule has 0 aliphatic carbocycles. The van der Waals surface area contributed by atoms with Gasteiger partial charge in [-0.3, -0.25) is 0 Å².